The van der Waals surface area contributed by atoms with Crippen molar-refractivity contribution < 1.29 is 9.13 Å². The SMILES string of the molecule is Cc1cccc(NCc2cc(Cl)c(OCc3ccccc3F)c(Cl)c2)c1. The van der Waals surface area contributed by atoms with E-state index in [1.165, 1.54) is 11.6 Å². The van der Waals surface area contributed by atoms with Crippen molar-refractivity contribution in [3.63, 3.8) is 0 Å². The molecular formula is C21H18Cl2FNO. The Hall–Kier alpha value is -2.23. The first-order chi connectivity index (χ1) is 12.5. The van der Waals surface area contributed by atoms with Gasteiger partial charge in [-0.05, 0) is 48.4 Å². The number of anilines is 1. The number of aryl methyl sites for hydroxylation is 1. The molecule has 1 N–H and O–H groups in total. The number of hydrogen-bond acceptors (Lipinski definition) is 2. The van der Waals surface area contributed by atoms with Gasteiger partial charge in [-0.15, -0.1) is 0 Å². The summed E-state index contributed by atoms with van der Waals surface area (Å²) in [5, 5.41) is 4.13. The van der Waals surface area contributed by atoms with Crippen molar-refractivity contribution in [2.24, 2.45) is 0 Å². The minimum atomic E-state index is -0.321. The van der Waals surface area contributed by atoms with Gasteiger partial charge in [0.05, 0.1) is 10.0 Å². The Kier molecular flexibility index (Phi) is 6.02. The summed E-state index contributed by atoms with van der Waals surface area (Å²) in [5.41, 5.74) is 3.59. The Morgan fingerprint density at radius 2 is 1.69 bits per heavy atom. The quantitative estimate of drug-likeness (QED) is 0.510. The highest BCUT2D eigenvalue weighted by atomic mass is 35.5. The van der Waals surface area contributed by atoms with E-state index in [-0.39, 0.29) is 12.4 Å². The van der Waals surface area contributed by atoms with Crippen molar-refractivity contribution in [1.29, 1.82) is 0 Å². The van der Waals surface area contributed by atoms with Crippen LogP contribution in [0.5, 0.6) is 5.75 Å². The Bertz CT molecular complexity index is 891. The highest BCUT2D eigenvalue weighted by Crippen LogP contribution is 2.35. The largest absolute Gasteiger partial charge is 0.486 e. The molecule has 5 heteroatoms. The lowest BCUT2D eigenvalue weighted by molar-refractivity contribution is 0.300. The van der Waals surface area contributed by atoms with Gasteiger partial charge in [0.2, 0.25) is 0 Å². The molecule has 0 aliphatic heterocycles. The number of halogens is 3. The lowest BCUT2D eigenvalue weighted by Crippen LogP contribution is -2.02. The van der Waals surface area contributed by atoms with Gasteiger partial charge in [-0.3, -0.25) is 0 Å². The molecule has 3 aromatic rings. The molecule has 0 bridgehead atoms. The summed E-state index contributed by atoms with van der Waals surface area (Å²) in [4.78, 5) is 0. The van der Waals surface area contributed by atoms with E-state index < -0.39 is 0 Å². The van der Waals surface area contributed by atoms with E-state index in [2.05, 4.69) is 11.4 Å². The van der Waals surface area contributed by atoms with Gasteiger partial charge in [0.15, 0.2) is 5.75 Å². The average Bonchev–Trinajstić information content (AvgIpc) is 2.61. The Morgan fingerprint density at radius 3 is 2.38 bits per heavy atom. The summed E-state index contributed by atoms with van der Waals surface area (Å²) >= 11 is 12.6. The first-order valence-corrected chi connectivity index (χ1v) is 8.93. The first kappa shape index (κ1) is 18.6. The zero-order valence-corrected chi connectivity index (χ0v) is 15.7. The number of hydrogen-bond donors (Lipinski definition) is 1. The van der Waals surface area contributed by atoms with Gasteiger partial charge >= 0.3 is 0 Å². The predicted molar refractivity (Wildman–Crippen MR) is 106 cm³/mol. The van der Waals surface area contributed by atoms with Crippen molar-refractivity contribution >= 4 is 28.9 Å². The van der Waals surface area contributed by atoms with Crippen LogP contribution in [0, 0.1) is 12.7 Å². The van der Waals surface area contributed by atoms with Crippen LogP contribution >= 0.6 is 23.2 Å². The fourth-order valence-corrected chi connectivity index (χ4v) is 3.22. The smallest absolute Gasteiger partial charge is 0.156 e. The third-order valence-electron chi connectivity index (χ3n) is 3.90. The fourth-order valence-electron chi connectivity index (χ4n) is 2.58. The minimum absolute atomic E-state index is 0.0625. The maximum Gasteiger partial charge on any atom is 0.156 e. The molecule has 0 unspecified atom stereocenters. The Balaban J connectivity index is 1.69. The fraction of sp³-hybridized carbons (Fsp3) is 0.143. The molecular weight excluding hydrogens is 372 g/mol. The average molecular weight is 390 g/mol. The van der Waals surface area contributed by atoms with Crippen LogP contribution in [-0.4, -0.2) is 0 Å². The van der Waals surface area contributed by atoms with Crippen LogP contribution in [0.3, 0.4) is 0 Å². The zero-order valence-electron chi connectivity index (χ0n) is 14.2. The molecule has 0 aromatic heterocycles. The predicted octanol–water partition coefficient (Wildman–Crippen LogP) is 6.63. The standard InChI is InChI=1S/C21H18Cl2FNO/c1-14-5-4-7-17(9-14)25-12-15-10-18(22)21(19(23)11-15)26-13-16-6-2-3-8-20(16)24/h2-11,25H,12-13H2,1H3. The van der Waals surface area contributed by atoms with E-state index >= 15 is 0 Å². The Morgan fingerprint density at radius 1 is 0.962 bits per heavy atom. The molecule has 3 rings (SSSR count). The second kappa shape index (κ2) is 8.43. The van der Waals surface area contributed by atoms with Gasteiger partial charge in [-0.25, -0.2) is 4.39 Å². The van der Waals surface area contributed by atoms with E-state index in [1.54, 1.807) is 30.3 Å². The summed E-state index contributed by atoms with van der Waals surface area (Å²) in [6.07, 6.45) is 0. The molecule has 134 valence electrons. The van der Waals surface area contributed by atoms with E-state index in [4.69, 9.17) is 27.9 Å². The molecule has 0 aliphatic carbocycles. The highest BCUT2D eigenvalue weighted by Gasteiger charge is 2.11. The molecule has 0 radical (unpaired) electrons. The maximum atomic E-state index is 13.7. The summed E-state index contributed by atoms with van der Waals surface area (Å²) in [6, 6.07) is 18.1. The third kappa shape index (κ3) is 4.69. The molecule has 0 saturated heterocycles. The summed E-state index contributed by atoms with van der Waals surface area (Å²) < 4.78 is 19.3. The lowest BCUT2D eigenvalue weighted by atomic mass is 10.2. The van der Waals surface area contributed by atoms with E-state index in [0.717, 1.165) is 11.3 Å². The van der Waals surface area contributed by atoms with Crippen LogP contribution in [0.4, 0.5) is 10.1 Å². The first-order valence-electron chi connectivity index (χ1n) is 8.17. The van der Waals surface area contributed by atoms with E-state index in [1.807, 2.05) is 25.1 Å². The number of benzene rings is 3. The minimum Gasteiger partial charge on any atom is -0.486 e. The maximum absolute atomic E-state index is 13.7. The second-order valence-corrected chi connectivity index (χ2v) is 6.81. The second-order valence-electron chi connectivity index (χ2n) is 5.99. The molecule has 0 amide bonds. The van der Waals surface area contributed by atoms with Crippen LogP contribution in [0.25, 0.3) is 0 Å². The number of nitrogens with one attached hydrogen (secondary N) is 1. The van der Waals surface area contributed by atoms with Crippen LogP contribution in [-0.2, 0) is 13.2 Å². The van der Waals surface area contributed by atoms with Gasteiger partial charge in [0, 0.05) is 17.8 Å². The monoisotopic (exact) mass is 389 g/mol. The number of ether oxygens (including phenoxy) is 1. The van der Waals surface area contributed by atoms with Crippen molar-refractivity contribution in [3.8, 4) is 5.75 Å². The molecule has 0 fully saturated rings. The molecule has 0 heterocycles. The van der Waals surface area contributed by atoms with Crippen molar-refractivity contribution in [3.05, 3.63) is 93.2 Å². The molecule has 0 spiro atoms. The van der Waals surface area contributed by atoms with Gasteiger partial charge < -0.3 is 10.1 Å². The van der Waals surface area contributed by atoms with Crippen LogP contribution in [0.1, 0.15) is 16.7 Å². The van der Waals surface area contributed by atoms with Crippen LogP contribution in [0.15, 0.2) is 60.7 Å². The Labute approximate surface area is 162 Å². The summed E-state index contributed by atoms with van der Waals surface area (Å²) in [5.74, 6) is 0.0367. The third-order valence-corrected chi connectivity index (χ3v) is 4.46. The topological polar surface area (TPSA) is 21.3 Å². The van der Waals surface area contributed by atoms with Gasteiger partial charge in [-0.2, -0.15) is 0 Å². The molecule has 0 atom stereocenters. The molecule has 2 nitrogen and oxygen atoms in total. The van der Waals surface area contributed by atoms with Gasteiger partial charge in [0.1, 0.15) is 12.4 Å². The molecule has 0 saturated carbocycles. The molecule has 0 aliphatic rings. The van der Waals surface area contributed by atoms with Crippen molar-refractivity contribution in [2.75, 3.05) is 5.32 Å². The van der Waals surface area contributed by atoms with Gasteiger partial charge in [0.25, 0.3) is 0 Å². The van der Waals surface area contributed by atoms with E-state index in [9.17, 15) is 4.39 Å². The summed E-state index contributed by atoms with van der Waals surface area (Å²) in [6.45, 7) is 2.68. The normalized spacial score (nSPS) is 10.6. The van der Waals surface area contributed by atoms with Crippen molar-refractivity contribution in [1.82, 2.24) is 0 Å². The van der Waals surface area contributed by atoms with Crippen molar-refractivity contribution in [2.45, 2.75) is 20.1 Å². The zero-order chi connectivity index (χ0) is 18.5. The highest BCUT2D eigenvalue weighted by molar-refractivity contribution is 6.37. The molecule has 26 heavy (non-hydrogen) atoms. The van der Waals surface area contributed by atoms with Crippen LogP contribution < -0.4 is 10.1 Å². The number of rotatable bonds is 6. The van der Waals surface area contributed by atoms with Crippen LogP contribution in [0.2, 0.25) is 10.0 Å². The van der Waals surface area contributed by atoms with Gasteiger partial charge in [-0.1, -0.05) is 53.5 Å². The molecule has 3 aromatic carbocycles. The van der Waals surface area contributed by atoms with E-state index in [0.29, 0.717) is 27.9 Å². The summed E-state index contributed by atoms with van der Waals surface area (Å²) in [7, 11) is 0. The lowest BCUT2D eigenvalue weighted by Gasteiger charge is -2.13.